The molecule has 140 valence electrons. The van der Waals surface area contributed by atoms with Gasteiger partial charge in [0.25, 0.3) is 0 Å². The number of aromatic nitrogens is 2. The van der Waals surface area contributed by atoms with Gasteiger partial charge in [0.15, 0.2) is 5.96 Å². The van der Waals surface area contributed by atoms with Crippen LogP contribution in [0.1, 0.15) is 24.6 Å². The fourth-order valence-corrected chi connectivity index (χ4v) is 2.57. The van der Waals surface area contributed by atoms with Crippen LogP contribution in [-0.4, -0.2) is 34.7 Å². The third-order valence-electron chi connectivity index (χ3n) is 3.71. The highest BCUT2D eigenvalue weighted by atomic mass is 35.5. The van der Waals surface area contributed by atoms with Gasteiger partial charge in [0.05, 0.1) is 22.9 Å². The molecule has 0 saturated carbocycles. The Morgan fingerprint density at radius 3 is 2.77 bits per heavy atom. The van der Waals surface area contributed by atoms with Crippen molar-refractivity contribution in [1.29, 1.82) is 0 Å². The Kier molecular flexibility index (Phi) is 7.47. The molecule has 0 aliphatic heterocycles. The Hall–Kier alpha value is -2.54. The Morgan fingerprint density at radius 2 is 2.12 bits per heavy atom. The fourth-order valence-electron chi connectivity index (χ4n) is 2.29. The standard InChI is InChI=1S/C18H25ClN6O/c1-4-20-18(22-12-14-7-10-23-25(14)3)21-9-8-17(26)24-16-6-5-13(2)11-15(16)19/h5-7,10-11H,4,8-9,12H2,1-3H3,(H,24,26)(H2,20,21,22). The molecule has 0 unspecified atom stereocenters. The Morgan fingerprint density at radius 1 is 1.31 bits per heavy atom. The van der Waals surface area contributed by atoms with Crippen molar-refractivity contribution < 1.29 is 4.79 Å². The van der Waals surface area contributed by atoms with Gasteiger partial charge >= 0.3 is 0 Å². The minimum absolute atomic E-state index is 0.106. The van der Waals surface area contributed by atoms with Crippen LogP contribution in [0.4, 0.5) is 5.69 Å². The number of halogens is 1. The van der Waals surface area contributed by atoms with Gasteiger partial charge in [-0.15, -0.1) is 0 Å². The molecular formula is C18H25ClN6O. The second-order valence-electron chi connectivity index (χ2n) is 5.85. The SMILES string of the molecule is CCNC(=NCc1ccnn1C)NCCC(=O)Nc1ccc(C)cc1Cl. The van der Waals surface area contributed by atoms with Crippen LogP contribution in [-0.2, 0) is 18.4 Å². The topological polar surface area (TPSA) is 83.3 Å². The summed E-state index contributed by atoms with van der Waals surface area (Å²) in [6.07, 6.45) is 2.05. The van der Waals surface area contributed by atoms with Gasteiger partial charge in [-0.2, -0.15) is 5.10 Å². The number of nitrogens with one attached hydrogen (secondary N) is 3. The van der Waals surface area contributed by atoms with E-state index in [1.807, 2.05) is 45.2 Å². The zero-order valence-electron chi connectivity index (χ0n) is 15.3. The average molecular weight is 377 g/mol. The van der Waals surface area contributed by atoms with Crippen molar-refractivity contribution in [3.05, 3.63) is 46.7 Å². The number of amides is 1. The van der Waals surface area contributed by atoms with E-state index >= 15 is 0 Å². The first kappa shape index (κ1) is 19.8. The number of nitrogens with zero attached hydrogens (tertiary/aromatic N) is 3. The Balaban J connectivity index is 1.82. The summed E-state index contributed by atoms with van der Waals surface area (Å²) in [6.45, 7) is 5.66. The van der Waals surface area contributed by atoms with Crippen molar-refractivity contribution in [3.8, 4) is 0 Å². The lowest BCUT2D eigenvalue weighted by Crippen LogP contribution is -2.38. The quantitative estimate of drug-likeness (QED) is 0.512. The molecule has 2 rings (SSSR count). The van der Waals surface area contributed by atoms with Crippen LogP contribution in [0.25, 0.3) is 0 Å². The summed E-state index contributed by atoms with van der Waals surface area (Å²) in [7, 11) is 1.88. The van der Waals surface area contributed by atoms with E-state index in [1.54, 1.807) is 10.9 Å². The van der Waals surface area contributed by atoms with Gasteiger partial charge in [-0.25, -0.2) is 4.99 Å². The zero-order valence-corrected chi connectivity index (χ0v) is 16.1. The van der Waals surface area contributed by atoms with Gasteiger partial charge in [0, 0.05) is 32.8 Å². The lowest BCUT2D eigenvalue weighted by atomic mass is 10.2. The summed E-state index contributed by atoms with van der Waals surface area (Å²) in [6, 6.07) is 7.46. The third kappa shape index (κ3) is 6.07. The highest BCUT2D eigenvalue weighted by molar-refractivity contribution is 6.33. The van der Waals surface area contributed by atoms with E-state index in [0.717, 1.165) is 17.8 Å². The van der Waals surface area contributed by atoms with Crippen molar-refractivity contribution in [2.75, 3.05) is 18.4 Å². The highest BCUT2D eigenvalue weighted by Gasteiger charge is 2.07. The second-order valence-corrected chi connectivity index (χ2v) is 6.26. The third-order valence-corrected chi connectivity index (χ3v) is 4.02. The molecule has 0 aliphatic carbocycles. The van der Waals surface area contributed by atoms with Crippen LogP contribution in [0.5, 0.6) is 0 Å². The Bertz CT molecular complexity index is 771. The first-order valence-electron chi connectivity index (χ1n) is 8.54. The van der Waals surface area contributed by atoms with Crippen molar-refractivity contribution in [1.82, 2.24) is 20.4 Å². The summed E-state index contributed by atoms with van der Waals surface area (Å²) < 4.78 is 1.78. The molecule has 8 heteroatoms. The molecule has 0 spiro atoms. The predicted octanol–water partition coefficient (Wildman–Crippen LogP) is 2.47. The van der Waals surface area contributed by atoms with Gasteiger partial charge in [0.1, 0.15) is 0 Å². The lowest BCUT2D eigenvalue weighted by Gasteiger charge is -2.12. The van der Waals surface area contributed by atoms with E-state index in [-0.39, 0.29) is 5.91 Å². The largest absolute Gasteiger partial charge is 0.357 e. The maximum absolute atomic E-state index is 12.1. The molecule has 3 N–H and O–H groups in total. The average Bonchev–Trinajstić information content (AvgIpc) is 3.00. The van der Waals surface area contributed by atoms with E-state index in [9.17, 15) is 4.79 Å². The first-order valence-corrected chi connectivity index (χ1v) is 8.92. The molecule has 2 aromatic rings. The van der Waals surface area contributed by atoms with Crippen LogP contribution in [0.15, 0.2) is 35.5 Å². The number of rotatable bonds is 7. The second kappa shape index (κ2) is 9.82. The zero-order chi connectivity index (χ0) is 18.9. The van der Waals surface area contributed by atoms with Crippen LogP contribution in [0.3, 0.4) is 0 Å². The van der Waals surface area contributed by atoms with Crippen LogP contribution >= 0.6 is 11.6 Å². The van der Waals surface area contributed by atoms with Crippen LogP contribution in [0.2, 0.25) is 5.02 Å². The molecule has 1 heterocycles. The number of carbonyl (C=O) groups excluding carboxylic acids is 1. The van der Waals surface area contributed by atoms with Crippen LogP contribution < -0.4 is 16.0 Å². The maximum atomic E-state index is 12.1. The fraction of sp³-hybridized carbons (Fsp3) is 0.389. The van der Waals surface area contributed by atoms with E-state index in [2.05, 4.69) is 26.0 Å². The molecule has 0 fully saturated rings. The molecule has 0 saturated heterocycles. The summed E-state index contributed by atoms with van der Waals surface area (Å²) in [5.74, 6) is 0.556. The Labute approximate surface area is 158 Å². The molecular weight excluding hydrogens is 352 g/mol. The number of hydrogen-bond acceptors (Lipinski definition) is 3. The van der Waals surface area contributed by atoms with Gasteiger partial charge in [-0.1, -0.05) is 17.7 Å². The smallest absolute Gasteiger partial charge is 0.226 e. The number of carbonyl (C=O) groups is 1. The van der Waals surface area contributed by atoms with Gasteiger partial charge in [0.2, 0.25) is 5.91 Å². The molecule has 0 atom stereocenters. The molecule has 26 heavy (non-hydrogen) atoms. The summed E-state index contributed by atoms with van der Waals surface area (Å²) in [4.78, 5) is 16.6. The minimum Gasteiger partial charge on any atom is -0.357 e. The van der Waals surface area contributed by atoms with E-state index < -0.39 is 0 Å². The number of hydrogen-bond donors (Lipinski definition) is 3. The van der Waals surface area contributed by atoms with Crippen molar-refractivity contribution in [2.45, 2.75) is 26.8 Å². The number of aryl methyl sites for hydroxylation is 2. The summed E-state index contributed by atoms with van der Waals surface area (Å²) >= 11 is 6.14. The van der Waals surface area contributed by atoms with E-state index in [1.165, 1.54) is 0 Å². The van der Waals surface area contributed by atoms with E-state index in [0.29, 0.717) is 36.2 Å². The summed E-state index contributed by atoms with van der Waals surface area (Å²) in [5.41, 5.74) is 2.68. The van der Waals surface area contributed by atoms with Crippen molar-refractivity contribution in [2.24, 2.45) is 12.0 Å². The maximum Gasteiger partial charge on any atom is 0.226 e. The first-order chi connectivity index (χ1) is 12.5. The van der Waals surface area contributed by atoms with E-state index in [4.69, 9.17) is 11.6 Å². The predicted molar refractivity (Wildman–Crippen MR) is 105 cm³/mol. The summed E-state index contributed by atoms with van der Waals surface area (Å²) in [5, 5.41) is 13.8. The lowest BCUT2D eigenvalue weighted by molar-refractivity contribution is -0.116. The normalized spacial score (nSPS) is 11.3. The number of aliphatic imine (C=N–C) groups is 1. The highest BCUT2D eigenvalue weighted by Crippen LogP contribution is 2.22. The molecule has 1 aromatic carbocycles. The molecule has 1 amide bonds. The van der Waals surface area contributed by atoms with Gasteiger partial charge in [-0.3, -0.25) is 9.48 Å². The number of benzene rings is 1. The minimum atomic E-state index is -0.106. The van der Waals surface area contributed by atoms with Crippen molar-refractivity contribution in [3.63, 3.8) is 0 Å². The molecule has 0 aliphatic rings. The van der Waals surface area contributed by atoms with Crippen LogP contribution in [0, 0.1) is 6.92 Å². The molecule has 0 radical (unpaired) electrons. The molecule has 7 nitrogen and oxygen atoms in total. The number of anilines is 1. The van der Waals surface area contributed by atoms with Crippen molar-refractivity contribution >= 4 is 29.2 Å². The molecule has 1 aromatic heterocycles. The van der Waals surface area contributed by atoms with Gasteiger partial charge in [-0.05, 0) is 37.6 Å². The number of guanidine groups is 1. The monoisotopic (exact) mass is 376 g/mol. The van der Waals surface area contributed by atoms with Gasteiger partial charge < -0.3 is 16.0 Å². The molecule has 0 bridgehead atoms.